The smallest absolute Gasteiger partial charge is 0.223 e. The molecular weight excluding hydrogens is 106 g/mol. The molecule has 0 aliphatic heterocycles. The van der Waals surface area contributed by atoms with Crippen LogP contribution in [-0.4, -0.2) is 29.7 Å². The minimum atomic E-state index is -0.188. The van der Waals surface area contributed by atoms with Crippen LogP contribution in [0.2, 0.25) is 0 Å². The molecule has 0 heterocycles. The summed E-state index contributed by atoms with van der Waals surface area (Å²) in [5.41, 5.74) is 0. The molecule has 48 valence electrons. The van der Waals surface area contributed by atoms with Crippen LogP contribution >= 0.6 is 0 Å². The summed E-state index contributed by atoms with van der Waals surface area (Å²) in [6, 6.07) is 0. The van der Waals surface area contributed by atoms with E-state index in [1.807, 2.05) is 0 Å². The molecule has 3 nitrogen and oxygen atoms in total. The van der Waals surface area contributed by atoms with Crippen molar-refractivity contribution in [3.63, 3.8) is 0 Å². The lowest BCUT2D eigenvalue weighted by atomic mass is 10.4. The molecule has 3 heteroatoms. The molecule has 8 heavy (non-hydrogen) atoms. The maximum Gasteiger partial charge on any atom is 0.223 e. The number of nitrogens with zero attached hydrogens (tertiary/aromatic N) is 1. The minimum absolute atomic E-state index is 0.0347. The fourth-order valence-corrected chi connectivity index (χ4v) is 0.349. The molecule has 0 aromatic rings. The highest BCUT2D eigenvalue weighted by atomic mass is 16.3. The Bertz CT molecular complexity index is 82.5. The van der Waals surface area contributed by atoms with Crippen molar-refractivity contribution in [2.45, 2.75) is 13.3 Å². The van der Waals surface area contributed by atoms with Gasteiger partial charge in [0.25, 0.3) is 0 Å². The summed E-state index contributed by atoms with van der Waals surface area (Å²) in [4.78, 5) is 11.8. The monoisotopic (exact) mass is 117 g/mol. The lowest BCUT2D eigenvalue weighted by Crippen LogP contribution is -2.26. The van der Waals surface area contributed by atoms with E-state index in [2.05, 4.69) is 0 Å². The number of rotatable bonds is 2. The Balaban J connectivity index is 3.46. The first kappa shape index (κ1) is 7.43. The third kappa shape index (κ3) is 1.93. The Hall–Kier alpha value is -0.570. The molecule has 0 aliphatic rings. The summed E-state index contributed by atoms with van der Waals surface area (Å²) in [7, 11) is 1.56. The predicted octanol–water partition coefficient (Wildman–Crippen LogP) is -0.195. The number of hydrogen-bond donors (Lipinski definition) is 1. The van der Waals surface area contributed by atoms with Gasteiger partial charge >= 0.3 is 0 Å². The van der Waals surface area contributed by atoms with Crippen LogP contribution in [0.4, 0.5) is 0 Å². The summed E-state index contributed by atoms with van der Waals surface area (Å²) in [5.74, 6) is -0.0347. The molecule has 1 N–H and O–H groups in total. The first-order chi connectivity index (χ1) is 3.72. The topological polar surface area (TPSA) is 40.5 Å². The molecule has 0 atom stereocenters. The Morgan fingerprint density at radius 1 is 1.75 bits per heavy atom. The number of hydrogen-bond acceptors (Lipinski definition) is 2. The lowest BCUT2D eigenvalue weighted by molar-refractivity contribution is -0.132. The van der Waals surface area contributed by atoms with Crippen LogP contribution in [0.3, 0.4) is 0 Å². The molecule has 0 rings (SSSR count). The fourth-order valence-electron chi connectivity index (χ4n) is 0.349. The van der Waals surface area contributed by atoms with Gasteiger partial charge in [-0.1, -0.05) is 6.92 Å². The van der Waals surface area contributed by atoms with Gasteiger partial charge in [-0.25, -0.2) is 0 Å². The summed E-state index contributed by atoms with van der Waals surface area (Å²) in [6.45, 7) is 1.57. The van der Waals surface area contributed by atoms with Gasteiger partial charge in [0.05, 0.1) is 0 Å². The molecule has 0 bridgehead atoms. The van der Waals surface area contributed by atoms with Crippen molar-refractivity contribution < 1.29 is 9.90 Å². The van der Waals surface area contributed by atoms with Gasteiger partial charge in [0.2, 0.25) is 5.91 Å². The van der Waals surface area contributed by atoms with E-state index < -0.39 is 0 Å². The molecule has 0 fully saturated rings. The summed E-state index contributed by atoms with van der Waals surface area (Å²) < 4.78 is 0. The van der Waals surface area contributed by atoms with E-state index in [0.29, 0.717) is 6.42 Å². The van der Waals surface area contributed by atoms with E-state index in [1.165, 1.54) is 4.90 Å². The molecule has 0 saturated heterocycles. The number of carbonyl (C=O) groups excluding carboxylic acids is 1. The molecule has 0 saturated carbocycles. The molecule has 1 amide bonds. The maximum atomic E-state index is 10.5. The van der Waals surface area contributed by atoms with Crippen molar-refractivity contribution in [3.8, 4) is 0 Å². The largest absolute Gasteiger partial charge is 0.376 e. The zero-order chi connectivity index (χ0) is 6.57. The van der Waals surface area contributed by atoms with E-state index in [0.717, 1.165) is 0 Å². The van der Waals surface area contributed by atoms with Gasteiger partial charge in [0, 0.05) is 13.5 Å². The number of aliphatic hydroxyl groups excluding tert-OH is 1. The Morgan fingerprint density at radius 3 is 2.38 bits per heavy atom. The second-order valence-corrected chi connectivity index (χ2v) is 1.59. The van der Waals surface area contributed by atoms with Crippen LogP contribution in [0.1, 0.15) is 13.3 Å². The SMILES string of the molecule is CCC(=O)N(C)CO. The van der Waals surface area contributed by atoms with E-state index >= 15 is 0 Å². The van der Waals surface area contributed by atoms with Crippen molar-refractivity contribution in [1.29, 1.82) is 0 Å². The summed E-state index contributed by atoms with van der Waals surface area (Å²) in [5, 5.41) is 8.34. The van der Waals surface area contributed by atoms with Crippen LogP contribution in [0, 0.1) is 0 Å². The van der Waals surface area contributed by atoms with Gasteiger partial charge in [-0.3, -0.25) is 4.79 Å². The van der Waals surface area contributed by atoms with Crippen LogP contribution < -0.4 is 0 Å². The highest BCUT2D eigenvalue weighted by Crippen LogP contribution is 1.84. The molecule has 0 spiro atoms. The van der Waals surface area contributed by atoms with Gasteiger partial charge in [0.15, 0.2) is 0 Å². The minimum Gasteiger partial charge on any atom is -0.376 e. The van der Waals surface area contributed by atoms with Gasteiger partial charge < -0.3 is 10.0 Å². The molecule has 0 radical (unpaired) electrons. The maximum absolute atomic E-state index is 10.5. The summed E-state index contributed by atoms with van der Waals surface area (Å²) in [6.07, 6.45) is 0.455. The number of carbonyl (C=O) groups is 1. The molecule has 0 unspecified atom stereocenters. The van der Waals surface area contributed by atoms with Crippen LogP contribution in [0.5, 0.6) is 0 Å². The van der Waals surface area contributed by atoms with Crippen molar-refractivity contribution in [1.82, 2.24) is 4.90 Å². The van der Waals surface area contributed by atoms with Gasteiger partial charge in [-0.15, -0.1) is 0 Å². The standard InChI is InChI=1S/C5H11NO2/c1-3-5(8)6(2)4-7/h7H,3-4H2,1-2H3. The van der Waals surface area contributed by atoms with Crippen LogP contribution in [0.15, 0.2) is 0 Å². The fraction of sp³-hybridized carbons (Fsp3) is 0.800. The van der Waals surface area contributed by atoms with E-state index in [-0.39, 0.29) is 12.6 Å². The van der Waals surface area contributed by atoms with Crippen LogP contribution in [0.25, 0.3) is 0 Å². The highest BCUT2D eigenvalue weighted by molar-refractivity contribution is 5.75. The zero-order valence-corrected chi connectivity index (χ0v) is 5.22. The van der Waals surface area contributed by atoms with Crippen molar-refractivity contribution >= 4 is 5.91 Å². The second-order valence-electron chi connectivity index (χ2n) is 1.59. The Labute approximate surface area is 48.9 Å². The number of aliphatic hydroxyl groups is 1. The molecule has 0 aromatic heterocycles. The quantitative estimate of drug-likeness (QED) is 0.509. The molecule has 0 aromatic carbocycles. The normalized spacial score (nSPS) is 8.88. The van der Waals surface area contributed by atoms with E-state index in [9.17, 15) is 4.79 Å². The van der Waals surface area contributed by atoms with Crippen molar-refractivity contribution in [3.05, 3.63) is 0 Å². The Morgan fingerprint density at radius 2 is 2.25 bits per heavy atom. The van der Waals surface area contributed by atoms with Gasteiger partial charge in [-0.05, 0) is 0 Å². The van der Waals surface area contributed by atoms with E-state index in [1.54, 1.807) is 14.0 Å². The predicted molar refractivity (Wildman–Crippen MR) is 30.1 cm³/mol. The molecular formula is C5H11NO2. The zero-order valence-electron chi connectivity index (χ0n) is 5.22. The first-order valence-corrected chi connectivity index (χ1v) is 2.57. The van der Waals surface area contributed by atoms with Crippen molar-refractivity contribution in [2.24, 2.45) is 0 Å². The van der Waals surface area contributed by atoms with Gasteiger partial charge in [0.1, 0.15) is 6.73 Å². The Kier molecular flexibility index (Phi) is 3.19. The van der Waals surface area contributed by atoms with Crippen molar-refractivity contribution in [2.75, 3.05) is 13.8 Å². The number of amides is 1. The summed E-state index contributed by atoms with van der Waals surface area (Å²) >= 11 is 0. The first-order valence-electron chi connectivity index (χ1n) is 2.57. The van der Waals surface area contributed by atoms with E-state index in [4.69, 9.17) is 5.11 Å². The lowest BCUT2D eigenvalue weighted by Gasteiger charge is -2.10. The average Bonchev–Trinajstić information content (AvgIpc) is 1.84. The average molecular weight is 117 g/mol. The van der Waals surface area contributed by atoms with Gasteiger partial charge in [-0.2, -0.15) is 0 Å². The second kappa shape index (κ2) is 3.43. The molecule has 0 aliphatic carbocycles. The van der Waals surface area contributed by atoms with Crippen LogP contribution in [-0.2, 0) is 4.79 Å². The third-order valence-corrected chi connectivity index (χ3v) is 0.940. The third-order valence-electron chi connectivity index (χ3n) is 0.940. The highest BCUT2D eigenvalue weighted by Gasteiger charge is 2.00.